The second-order valence-corrected chi connectivity index (χ2v) is 5.93. The maximum Gasteiger partial charge on any atom is 0.0379 e. The van der Waals surface area contributed by atoms with Gasteiger partial charge in [0.05, 0.1) is 0 Å². The van der Waals surface area contributed by atoms with Crippen molar-refractivity contribution in [3.05, 3.63) is 70.8 Å². The highest BCUT2D eigenvalue weighted by atomic mass is 35.5. The van der Waals surface area contributed by atoms with Crippen molar-refractivity contribution in [3.63, 3.8) is 0 Å². The van der Waals surface area contributed by atoms with Crippen LogP contribution in [0.5, 0.6) is 0 Å². The Kier molecular flexibility index (Phi) is 5.04. The Bertz CT molecular complexity index is 513. The van der Waals surface area contributed by atoms with E-state index >= 15 is 0 Å². The van der Waals surface area contributed by atoms with Crippen LogP contribution in [0.15, 0.2) is 48.5 Å². The monoisotopic (exact) mass is 272 g/mol. The van der Waals surface area contributed by atoms with Crippen LogP contribution in [-0.2, 0) is 12.8 Å². The van der Waals surface area contributed by atoms with Crippen molar-refractivity contribution in [2.45, 2.75) is 38.5 Å². The van der Waals surface area contributed by atoms with Gasteiger partial charge in [0.15, 0.2) is 0 Å². The molecule has 1 atom stereocenters. The molecule has 0 spiro atoms. The number of halogens is 1. The van der Waals surface area contributed by atoms with Crippen LogP contribution in [0.2, 0.25) is 0 Å². The van der Waals surface area contributed by atoms with E-state index in [0.29, 0.717) is 0 Å². The van der Waals surface area contributed by atoms with Crippen LogP contribution >= 0.6 is 11.6 Å². The standard InChI is InChI=1S/C18H21Cl/c1-14-6-8-17(9-7-14)13-18(19)11-10-16-5-3-4-15(2)12-16/h3-9,12,18H,10-11,13H2,1-2H3. The normalized spacial score (nSPS) is 12.4. The van der Waals surface area contributed by atoms with Crippen LogP contribution in [0, 0.1) is 13.8 Å². The first-order valence-corrected chi connectivity index (χ1v) is 7.32. The quantitative estimate of drug-likeness (QED) is 0.666. The molecule has 2 aromatic carbocycles. The molecular weight excluding hydrogens is 252 g/mol. The summed E-state index contributed by atoms with van der Waals surface area (Å²) in [5.41, 5.74) is 5.33. The first-order chi connectivity index (χ1) is 9.13. The molecule has 2 rings (SSSR count). The molecule has 0 aliphatic carbocycles. The first-order valence-electron chi connectivity index (χ1n) is 6.88. The molecule has 0 N–H and O–H groups in total. The van der Waals surface area contributed by atoms with E-state index < -0.39 is 0 Å². The molecule has 0 fully saturated rings. The molecule has 0 aliphatic rings. The number of hydrogen-bond acceptors (Lipinski definition) is 0. The van der Waals surface area contributed by atoms with Crippen molar-refractivity contribution in [1.82, 2.24) is 0 Å². The van der Waals surface area contributed by atoms with Crippen LogP contribution in [0.25, 0.3) is 0 Å². The Morgan fingerprint density at radius 2 is 1.63 bits per heavy atom. The lowest BCUT2D eigenvalue weighted by atomic mass is 10.0. The number of benzene rings is 2. The van der Waals surface area contributed by atoms with Crippen molar-refractivity contribution >= 4 is 11.6 Å². The van der Waals surface area contributed by atoms with E-state index in [9.17, 15) is 0 Å². The van der Waals surface area contributed by atoms with Crippen LogP contribution in [0.4, 0.5) is 0 Å². The summed E-state index contributed by atoms with van der Waals surface area (Å²) < 4.78 is 0. The van der Waals surface area contributed by atoms with Crippen molar-refractivity contribution in [3.8, 4) is 0 Å². The summed E-state index contributed by atoms with van der Waals surface area (Å²) in [5.74, 6) is 0. The van der Waals surface area contributed by atoms with Crippen LogP contribution < -0.4 is 0 Å². The highest BCUT2D eigenvalue weighted by molar-refractivity contribution is 6.20. The maximum atomic E-state index is 6.44. The van der Waals surface area contributed by atoms with Gasteiger partial charge < -0.3 is 0 Å². The Labute approximate surface area is 121 Å². The van der Waals surface area contributed by atoms with Gasteiger partial charge in [-0.05, 0) is 44.2 Å². The molecule has 0 aromatic heterocycles. The average molecular weight is 273 g/mol. The van der Waals surface area contributed by atoms with Gasteiger partial charge in [0.2, 0.25) is 0 Å². The summed E-state index contributed by atoms with van der Waals surface area (Å²) in [7, 11) is 0. The van der Waals surface area contributed by atoms with Crippen LogP contribution in [-0.4, -0.2) is 5.38 Å². The fraction of sp³-hybridized carbons (Fsp3) is 0.333. The minimum atomic E-state index is 0.211. The van der Waals surface area contributed by atoms with Gasteiger partial charge >= 0.3 is 0 Å². The molecule has 0 amide bonds. The predicted octanol–water partition coefficient (Wildman–Crippen LogP) is 5.09. The zero-order chi connectivity index (χ0) is 13.7. The molecule has 100 valence electrons. The smallest absolute Gasteiger partial charge is 0.0379 e. The topological polar surface area (TPSA) is 0 Å². The predicted molar refractivity (Wildman–Crippen MR) is 84.0 cm³/mol. The molecule has 0 nitrogen and oxygen atoms in total. The molecule has 1 unspecified atom stereocenters. The largest absolute Gasteiger partial charge is 0.123 e. The number of rotatable bonds is 5. The molecule has 0 saturated carbocycles. The third kappa shape index (κ3) is 4.72. The van der Waals surface area contributed by atoms with E-state index in [0.717, 1.165) is 19.3 Å². The summed E-state index contributed by atoms with van der Waals surface area (Å²) >= 11 is 6.44. The summed E-state index contributed by atoms with van der Waals surface area (Å²) in [5, 5.41) is 0.211. The van der Waals surface area contributed by atoms with E-state index in [1.54, 1.807) is 0 Å². The first kappa shape index (κ1) is 14.1. The summed E-state index contributed by atoms with van der Waals surface area (Å²) in [6, 6.07) is 17.3. The number of aryl methyl sites for hydroxylation is 3. The third-order valence-electron chi connectivity index (χ3n) is 3.41. The molecule has 1 heteroatoms. The molecule has 0 aliphatic heterocycles. The Balaban J connectivity index is 1.84. The number of hydrogen-bond donors (Lipinski definition) is 0. The summed E-state index contributed by atoms with van der Waals surface area (Å²) in [6.07, 6.45) is 3.04. The lowest BCUT2D eigenvalue weighted by Gasteiger charge is -2.10. The van der Waals surface area contributed by atoms with Crippen molar-refractivity contribution in [2.24, 2.45) is 0 Å². The van der Waals surface area contributed by atoms with Gasteiger partial charge in [-0.1, -0.05) is 59.7 Å². The summed E-state index contributed by atoms with van der Waals surface area (Å²) in [6.45, 7) is 4.24. The van der Waals surface area contributed by atoms with E-state index in [1.165, 1.54) is 22.3 Å². The molecule has 0 heterocycles. The van der Waals surface area contributed by atoms with E-state index in [1.807, 2.05) is 0 Å². The Morgan fingerprint density at radius 1 is 0.895 bits per heavy atom. The molecule has 2 aromatic rings. The van der Waals surface area contributed by atoms with E-state index in [4.69, 9.17) is 11.6 Å². The zero-order valence-corrected chi connectivity index (χ0v) is 12.5. The second-order valence-electron chi connectivity index (χ2n) is 5.31. The third-order valence-corrected chi connectivity index (χ3v) is 3.78. The fourth-order valence-electron chi connectivity index (χ4n) is 2.27. The minimum Gasteiger partial charge on any atom is -0.123 e. The number of alkyl halides is 1. The van der Waals surface area contributed by atoms with E-state index in [-0.39, 0.29) is 5.38 Å². The maximum absolute atomic E-state index is 6.44. The van der Waals surface area contributed by atoms with E-state index in [2.05, 4.69) is 62.4 Å². The molecular formula is C18H21Cl. The highest BCUT2D eigenvalue weighted by Crippen LogP contribution is 2.16. The van der Waals surface area contributed by atoms with Gasteiger partial charge in [-0.15, -0.1) is 11.6 Å². The molecule has 0 radical (unpaired) electrons. The average Bonchev–Trinajstić information content (AvgIpc) is 2.39. The van der Waals surface area contributed by atoms with Gasteiger partial charge in [-0.25, -0.2) is 0 Å². The zero-order valence-electron chi connectivity index (χ0n) is 11.7. The Hall–Kier alpha value is -1.27. The molecule has 0 bridgehead atoms. The fourth-order valence-corrected chi connectivity index (χ4v) is 2.56. The van der Waals surface area contributed by atoms with Gasteiger partial charge in [0, 0.05) is 5.38 Å². The lowest BCUT2D eigenvalue weighted by Crippen LogP contribution is -2.05. The lowest BCUT2D eigenvalue weighted by molar-refractivity contribution is 0.743. The van der Waals surface area contributed by atoms with Gasteiger partial charge in [0.1, 0.15) is 0 Å². The second kappa shape index (κ2) is 6.77. The van der Waals surface area contributed by atoms with Gasteiger partial charge in [0.25, 0.3) is 0 Å². The van der Waals surface area contributed by atoms with Gasteiger partial charge in [-0.3, -0.25) is 0 Å². The van der Waals surface area contributed by atoms with Crippen molar-refractivity contribution < 1.29 is 0 Å². The SMILES string of the molecule is Cc1ccc(CC(Cl)CCc2cccc(C)c2)cc1. The highest BCUT2D eigenvalue weighted by Gasteiger charge is 2.06. The van der Waals surface area contributed by atoms with Crippen molar-refractivity contribution in [1.29, 1.82) is 0 Å². The Morgan fingerprint density at radius 3 is 2.32 bits per heavy atom. The van der Waals surface area contributed by atoms with Crippen LogP contribution in [0.1, 0.15) is 28.7 Å². The minimum absolute atomic E-state index is 0.211. The van der Waals surface area contributed by atoms with Gasteiger partial charge in [-0.2, -0.15) is 0 Å². The van der Waals surface area contributed by atoms with Crippen molar-refractivity contribution in [2.75, 3.05) is 0 Å². The molecule has 19 heavy (non-hydrogen) atoms. The summed E-state index contributed by atoms with van der Waals surface area (Å²) in [4.78, 5) is 0. The van der Waals surface area contributed by atoms with Crippen LogP contribution in [0.3, 0.4) is 0 Å². The molecule has 0 saturated heterocycles.